The lowest BCUT2D eigenvalue weighted by Gasteiger charge is -2.11. The van der Waals surface area contributed by atoms with Crippen LogP contribution in [-0.2, 0) is 4.79 Å². The molecule has 5 N–H and O–H groups in total. The van der Waals surface area contributed by atoms with Gasteiger partial charge in [0.15, 0.2) is 0 Å². The van der Waals surface area contributed by atoms with E-state index in [2.05, 4.69) is 32.9 Å². The van der Waals surface area contributed by atoms with Gasteiger partial charge in [-0.25, -0.2) is 0 Å². The van der Waals surface area contributed by atoms with E-state index in [4.69, 9.17) is 0 Å². The minimum absolute atomic E-state index is 0.0990. The quantitative estimate of drug-likeness (QED) is 0.216. The fraction of sp³-hybridized carbons (Fsp3) is 0.526. The number of carbonyl (C=O) groups is 1. The molecule has 1 aromatic rings. The summed E-state index contributed by atoms with van der Waals surface area (Å²) in [5, 5.41) is 15.5. The number of anilines is 2. The van der Waals surface area contributed by atoms with Crippen molar-refractivity contribution in [1.82, 2.24) is 5.32 Å². The average Bonchev–Trinajstić information content (AvgIpc) is 2.64. The maximum absolute atomic E-state index is 11.3. The number of benzene rings is 1. The lowest BCUT2D eigenvalue weighted by Crippen LogP contribution is -2.66. The molecule has 1 aromatic carbocycles. The van der Waals surface area contributed by atoms with Gasteiger partial charge in [-0.15, -0.1) is 10.00 Å². The Hall–Kier alpha value is -1.98. The van der Waals surface area contributed by atoms with Crippen molar-refractivity contribution in [2.45, 2.75) is 52.4 Å². The number of hydrogen-bond acceptors (Lipinski definition) is 5. The molecule has 27 heavy (non-hydrogen) atoms. The first-order chi connectivity index (χ1) is 13.2. The molecule has 0 heterocycles. The van der Waals surface area contributed by atoms with E-state index in [0.717, 1.165) is 30.0 Å². The molecule has 0 saturated heterocycles. The molecule has 0 aromatic heterocycles. The Bertz CT molecular complexity index is 606. The molecule has 0 saturated carbocycles. The Morgan fingerprint density at radius 1 is 1.22 bits per heavy atom. The summed E-state index contributed by atoms with van der Waals surface area (Å²) < 4.78 is 0. The second-order valence-corrected chi connectivity index (χ2v) is 7.04. The predicted octanol–water partition coefficient (Wildman–Crippen LogP) is 4.26. The molecule has 8 heteroatoms. The summed E-state index contributed by atoms with van der Waals surface area (Å²) in [4.78, 5) is 15.5. The Morgan fingerprint density at radius 3 is 2.74 bits per heavy atom. The van der Waals surface area contributed by atoms with Crippen LogP contribution in [0.4, 0.5) is 17.1 Å². The Balaban J connectivity index is 2.60. The van der Waals surface area contributed by atoms with Crippen molar-refractivity contribution in [3.8, 4) is 0 Å². The van der Waals surface area contributed by atoms with Crippen LogP contribution in [0.5, 0.6) is 0 Å². The minimum Gasteiger partial charge on any atom is -0.390 e. The van der Waals surface area contributed by atoms with Gasteiger partial charge in [0.25, 0.3) is 0 Å². The molecule has 1 atom stereocenters. The third kappa shape index (κ3) is 11.4. The number of hydrogen-bond donors (Lipinski definition) is 4. The van der Waals surface area contributed by atoms with Gasteiger partial charge in [-0.2, -0.15) is 0 Å². The van der Waals surface area contributed by atoms with Crippen LogP contribution in [-0.4, -0.2) is 19.5 Å². The fourth-order valence-electron chi connectivity index (χ4n) is 2.48. The van der Waals surface area contributed by atoms with Gasteiger partial charge in [-0.05, 0) is 24.6 Å². The van der Waals surface area contributed by atoms with E-state index in [1.807, 2.05) is 42.7 Å². The molecule has 0 spiro atoms. The van der Waals surface area contributed by atoms with Crippen LogP contribution in [0.1, 0.15) is 52.4 Å². The van der Waals surface area contributed by atoms with Gasteiger partial charge in [0.1, 0.15) is 11.9 Å². The number of unbranched alkanes of at least 4 members (excludes halogenated alkanes) is 5. The van der Waals surface area contributed by atoms with Crippen LogP contribution < -0.4 is 21.0 Å². The zero-order chi connectivity index (χ0) is 19.7. The van der Waals surface area contributed by atoms with Crippen molar-refractivity contribution in [3.63, 3.8) is 0 Å². The summed E-state index contributed by atoms with van der Waals surface area (Å²) in [5.74, 6) is -0.0990. The number of quaternary nitrogens is 1. The van der Waals surface area contributed by atoms with Crippen molar-refractivity contribution >= 4 is 31.9 Å². The number of rotatable bonds is 14. The summed E-state index contributed by atoms with van der Waals surface area (Å²) >= 11 is 0. The number of nitrogens with one attached hydrogen (secondary N) is 3. The van der Waals surface area contributed by atoms with E-state index in [9.17, 15) is 4.79 Å². The molecule has 150 valence electrons. The van der Waals surface area contributed by atoms with E-state index in [1.54, 1.807) is 0 Å². The summed E-state index contributed by atoms with van der Waals surface area (Å²) in [5.41, 5.74) is 2.41. The Labute approximate surface area is 164 Å². The average molecular weight is 393 g/mol. The van der Waals surface area contributed by atoms with Crippen LogP contribution in [0, 0.1) is 0 Å². The van der Waals surface area contributed by atoms with Gasteiger partial charge < -0.3 is 16.0 Å². The zero-order valence-electron chi connectivity index (χ0n) is 16.7. The normalized spacial score (nSPS) is 11.7. The highest BCUT2D eigenvalue weighted by Gasteiger charge is 2.05. The molecule has 0 bridgehead atoms. The molecule has 1 amide bonds. The third-order valence-corrected chi connectivity index (χ3v) is 4.37. The molecule has 0 fully saturated rings. The van der Waals surface area contributed by atoms with Crippen LogP contribution in [0.25, 0.3) is 0 Å². The highest BCUT2D eigenvalue weighted by Crippen LogP contribution is 2.30. The standard InChI is InChI=1S/C19H33N6OP/c1-4-5-6-7-8-9-12-21-18-11-10-17(23-16(2)26)15-19(18)24-25-27-22-14-13-20-3/h10-11,13-15,20-22,27H,4-9,12H2,1-3H3,(H,23,26)/p+1/b14-13-,25-24?. The number of nitrogens with two attached hydrogens (primary N) is 1. The van der Waals surface area contributed by atoms with Gasteiger partial charge >= 0.3 is 0 Å². The second-order valence-electron chi connectivity index (χ2n) is 6.25. The third-order valence-electron chi connectivity index (χ3n) is 3.81. The smallest absolute Gasteiger partial charge is 0.240 e. The van der Waals surface area contributed by atoms with Crippen LogP contribution in [0.2, 0.25) is 0 Å². The Kier molecular flexibility index (Phi) is 12.9. The highest BCUT2D eigenvalue weighted by molar-refractivity contribution is 7.27. The van der Waals surface area contributed by atoms with Crippen molar-refractivity contribution in [1.29, 1.82) is 0 Å². The Morgan fingerprint density at radius 2 is 2.00 bits per heavy atom. The van der Waals surface area contributed by atoms with Gasteiger partial charge in [0.05, 0.1) is 11.9 Å². The monoisotopic (exact) mass is 393 g/mol. The molecule has 0 aliphatic rings. The first kappa shape index (κ1) is 23.1. The van der Waals surface area contributed by atoms with Crippen molar-refractivity contribution < 1.29 is 9.88 Å². The first-order valence-electron chi connectivity index (χ1n) is 9.64. The summed E-state index contributed by atoms with van der Waals surface area (Å²) in [6, 6.07) is 5.68. The van der Waals surface area contributed by atoms with Gasteiger partial charge in [-0.1, -0.05) is 39.0 Å². The highest BCUT2D eigenvalue weighted by atomic mass is 31.1. The fourth-order valence-corrected chi connectivity index (χ4v) is 2.89. The summed E-state index contributed by atoms with van der Waals surface area (Å²) in [6.45, 7) is 4.64. The maximum atomic E-state index is 11.3. The second kappa shape index (κ2) is 15.1. The molecule has 0 radical (unpaired) electrons. The van der Waals surface area contributed by atoms with Crippen molar-refractivity contribution in [2.24, 2.45) is 10.00 Å². The predicted molar refractivity (Wildman–Crippen MR) is 116 cm³/mol. The maximum Gasteiger partial charge on any atom is 0.240 e. The number of nitrogens with zero attached hydrogens (tertiary/aromatic N) is 2. The molecule has 1 unspecified atom stereocenters. The summed E-state index contributed by atoms with van der Waals surface area (Å²) in [7, 11) is 2.10. The van der Waals surface area contributed by atoms with E-state index in [1.165, 1.54) is 39.0 Å². The molecular formula is C19H34N6OP+. The topological polar surface area (TPSA) is 94.5 Å². The van der Waals surface area contributed by atoms with Gasteiger partial charge in [-0.3, -0.25) is 9.88 Å². The SMILES string of the molecule is CCCCCCCCNc1ccc(NC(C)=O)cc1N=NP[NH2+]/C=C\NC. The molecular weight excluding hydrogens is 359 g/mol. The van der Waals surface area contributed by atoms with Crippen LogP contribution >= 0.6 is 8.88 Å². The number of amides is 1. The van der Waals surface area contributed by atoms with E-state index < -0.39 is 0 Å². The summed E-state index contributed by atoms with van der Waals surface area (Å²) in [6.07, 6.45) is 11.3. The zero-order valence-corrected chi connectivity index (χ0v) is 17.7. The molecule has 0 aliphatic heterocycles. The number of carbonyl (C=O) groups excluding carboxylic acids is 1. The first-order valence-corrected chi connectivity index (χ1v) is 10.7. The van der Waals surface area contributed by atoms with Gasteiger partial charge in [0.2, 0.25) is 14.8 Å². The van der Waals surface area contributed by atoms with Gasteiger partial charge in [0, 0.05) is 26.2 Å². The molecule has 0 aliphatic carbocycles. The largest absolute Gasteiger partial charge is 0.390 e. The van der Waals surface area contributed by atoms with E-state index in [-0.39, 0.29) is 14.8 Å². The van der Waals surface area contributed by atoms with E-state index >= 15 is 0 Å². The van der Waals surface area contributed by atoms with Crippen LogP contribution in [0.3, 0.4) is 0 Å². The van der Waals surface area contributed by atoms with Crippen LogP contribution in [0.15, 0.2) is 40.6 Å². The van der Waals surface area contributed by atoms with Crippen molar-refractivity contribution in [2.75, 3.05) is 24.2 Å². The van der Waals surface area contributed by atoms with Crippen molar-refractivity contribution in [3.05, 3.63) is 30.6 Å². The van der Waals surface area contributed by atoms with E-state index in [0.29, 0.717) is 0 Å². The minimum atomic E-state index is -0.0990. The molecule has 1 rings (SSSR count). The lowest BCUT2D eigenvalue weighted by atomic mass is 10.1. The lowest BCUT2D eigenvalue weighted by molar-refractivity contribution is -0.408. The molecule has 7 nitrogen and oxygen atoms in total.